The number of benzene rings is 1. The van der Waals surface area contributed by atoms with Crippen molar-refractivity contribution in [2.24, 2.45) is 5.92 Å². The van der Waals surface area contributed by atoms with Crippen LogP contribution in [-0.4, -0.2) is 60.3 Å². The summed E-state index contributed by atoms with van der Waals surface area (Å²) in [5.74, 6) is 2.61. The first kappa shape index (κ1) is 22.5. The average Bonchev–Trinajstić information content (AvgIpc) is 3.45. The van der Waals surface area contributed by atoms with Gasteiger partial charge in [0.05, 0.1) is 19.7 Å². The summed E-state index contributed by atoms with van der Waals surface area (Å²) >= 11 is 0. The minimum atomic E-state index is -0.00889. The Morgan fingerprint density at radius 1 is 1.30 bits per heavy atom. The van der Waals surface area contributed by atoms with Gasteiger partial charge in [-0.05, 0) is 69.0 Å². The van der Waals surface area contributed by atoms with Gasteiger partial charge < -0.3 is 19.9 Å². The van der Waals surface area contributed by atoms with Crippen LogP contribution in [-0.2, 0) is 11.3 Å². The third-order valence-corrected chi connectivity index (χ3v) is 5.71. The van der Waals surface area contributed by atoms with Crippen molar-refractivity contribution in [2.75, 3.05) is 33.3 Å². The Bertz CT molecular complexity index is 807. The minimum Gasteiger partial charge on any atom is -0.497 e. The smallest absolute Gasteiger partial charge is 0.257 e. The number of halogens is 1. The second-order valence-corrected chi connectivity index (χ2v) is 7.88. The highest BCUT2D eigenvalue weighted by Gasteiger charge is 2.25. The summed E-state index contributed by atoms with van der Waals surface area (Å²) in [4.78, 5) is 19.1. The van der Waals surface area contributed by atoms with E-state index < -0.39 is 0 Å². The van der Waals surface area contributed by atoms with Crippen LogP contribution in [0.3, 0.4) is 0 Å². The van der Waals surface area contributed by atoms with E-state index in [4.69, 9.17) is 9.26 Å². The van der Waals surface area contributed by atoms with E-state index in [1.807, 2.05) is 24.3 Å². The molecule has 3 heterocycles. The van der Waals surface area contributed by atoms with Gasteiger partial charge in [0, 0.05) is 18.7 Å². The monoisotopic (exact) mass is 435 g/mol. The van der Waals surface area contributed by atoms with Gasteiger partial charge in [0.25, 0.3) is 5.89 Å². The average molecular weight is 436 g/mol. The lowest BCUT2D eigenvalue weighted by Gasteiger charge is -2.32. The standard InChI is InChI=1S/C21H29N5O3.ClH/c1-28-17-8-6-16(7-9-17)21-24-19(25-29-21)14-26-11-3-4-15(13-26)12-23-20(27)18-5-2-10-22-18;/h6-9,15,18,22H,2-5,10-14H2,1H3,(H,23,27);1H. The van der Waals surface area contributed by atoms with Crippen molar-refractivity contribution in [2.45, 2.75) is 38.3 Å². The SMILES string of the molecule is COc1ccc(-c2nc(CN3CCCC(CNC(=O)C4CCCN4)C3)no2)cc1.Cl. The van der Waals surface area contributed by atoms with E-state index in [2.05, 4.69) is 25.7 Å². The van der Waals surface area contributed by atoms with Gasteiger partial charge in [0.15, 0.2) is 5.82 Å². The molecule has 2 atom stereocenters. The zero-order chi connectivity index (χ0) is 20.1. The summed E-state index contributed by atoms with van der Waals surface area (Å²) in [5.41, 5.74) is 0.879. The summed E-state index contributed by atoms with van der Waals surface area (Å²) < 4.78 is 10.6. The molecule has 4 rings (SSSR count). The molecule has 164 valence electrons. The molecule has 2 fully saturated rings. The van der Waals surface area contributed by atoms with Crippen LogP contribution < -0.4 is 15.4 Å². The largest absolute Gasteiger partial charge is 0.497 e. The zero-order valence-corrected chi connectivity index (χ0v) is 18.1. The lowest BCUT2D eigenvalue weighted by molar-refractivity contribution is -0.123. The highest BCUT2D eigenvalue weighted by Crippen LogP contribution is 2.22. The van der Waals surface area contributed by atoms with Crippen LogP contribution in [0.1, 0.15) is 31.5 Å². The number of methoxy groups -OCH3 is 1. The Morgan fingerprint density at radius 3 is 2.87 bits per heavy atom. The van der Waals surface area contributed by atoms with E-state index in [0.29, 0.717) is 24.2 Å². The number of rotatable bonds is 7. The predicted octanol–water partition coefficient (Wildman–Crippen LogP) is 2.25. The number of likely N-dealkylation sites (tertiary alicyclic amines) is 1. The molecular formula is C21H30ClN5O3. The van der Waals surface area contributed by atoms with Crippen molar-refractivity contribution in [3.63, 3.8) is 0 Å². The maximum Gasteiger partial charge on any atom is 0.257 e. The molecule has 1 aromatic carbocycles. The minimum absolute atomic E-state index is 0. The molecule has 1 aromatic heterocycles. The second kappa shape index (κ2) is 10.7. The Morgan fingerprint density at radius 2 is 2.13 bits per heavy atom. The van der Waals surface area contributed by atoms with Crippen LogP contribution in [0, 0.1) is 5.92 Å². The first-order valence-corrected chi connectivity index (χ1v) is 10.4. The Labute approximate surface area is 183 Å². The molecule has 0 bridgehead atoms. The molecule has 9 heteroatoms. The Hall–Kier alpha value is -2.16. The zero-order valence-electron chi connectivity index (χ0n) is 17.3. The number of ether oxygens (including phenoxy) is 1. The van der Waals surface area contributed by atoms with Crippen molar-refractivity contribution >= 4 is 18.3 Å². The van der Waals surface area contributed by atoms with Crippen molar-refractivity contribution in [1.82, 2.24) is 25.7 Å². The maximum absolute atomic E-state index is 12.2. The van der Waals surface area contributed by atoms with Crippen LogP contribution in [0.25, 0.3) is 11.5 Å². The molecule has 0 radical (unpaired) electrons. The van der Waals surface area contributed by atoms with Crippen LogP contribution in [0.15, 0.2) is 28.8 Å². The predicted molar refractivity (Wildman–Crippen MR) is 116 cm³/mol. The molecule has 2 aliphatic rings. The van der Waals surface area contributed by atoms with Crippen LogP contribution >= 0.6 is 12.4 Å². The quantitative estimate of drug-likeness (QED) is 0.688. The number of hydrogen-bond donors (Lipinski definition) is 2. The molecule has 2 aliphatic heterocycles. The van der Waals surface area contributed by atoms with E-state index in [9.17, 15) is 4.79 Å². The van der Waals surface area contributed by atoms with Crippen LogP contribution in [0.4, 0.5) is 0 Å². The lowest BCUT2D eigenvalue weighted by Crippen LogP contribution is -2.45. The summed E-state index contributed by atoms with van der Waals surface area (Å²) in [6, 6.07) is 7.57. The van der Waals surface area contributed by atoms with Crippen molar-refractivity contribution < 1.29 is 14.1 Å². The van der Waals surface area contributed by atoms with Crippen molar-refractivity contribution in [1.29, 1.82) is 0 Å². The van der Waals surface area contributed by atoms with E-state index >= 15 is 0 Å². The fraction of sp³-hybridized carbons (Fsp3) is 0.571. The molecule has 0 aliphatic carbocycles. The third-order valence-electron chi connectivity index (χ3n) is 5.71. The van der Waals surface area contributed by atoms with E-state index in [1.165, 1.54) is 0 Å². The Balaban J connectivity index is 0.00000256. The summed E-state index contributed by atoms with van der Waals surface area (Å²) in [5, 5.41) is 10.5. The molecule has 0 spiro atoms. The maximum atomic E-state index is 12.2. The molecule has 1 amide bonds. The molecule has 2 saturated heterocycles. The molecular weight excluding hydrogens is 406 g/mol. The lowest BCUT2D eigenvalue weighted by atomic mass is 9.98. The highest BCUT2D eigenvalue weighted by atomic mass is 35.5. The van der Waals surface area contributed by atoms with Gasteiger partial charge in [-0.25, -0.2) is 0 Å². The number of carbonyl (C=O) groups excluding carboxylic acids is 1. The third kappa shape index (κ3) is 5.71. The van der Waals surface area contributed by atoms with Crippen molar-refractivity contribution in [3.8, 4) is 17.2 Å². The normalized spacial score (nSPS) is 21.8. The highest BCUT2D eigenvalue weighted by molar-refractivity contribution is 5.85. The van der Waals surface area contributed by atoms with Crippen LogP contribution in [0.2, 0.25) is 0 Å². The van der Waals surface area contributed by atoms with Gasteiger partial charge in [-0.2, -0.15) is 4.98 Å². The molecule has 0 saturated carbocycles. The molecule has 30 heavy (non-hydrogen) atoms. The van der Waals surface area contributed by atoms with E-state index in [0.717, 1.165) is 63.2 Å². The first-order valence-electron chi connectivity index (χ1n) is 10.4. The molecule has 2 unspecified atom stereocenters. The fourth-order valence-electron chi connectivity index (χ4n) is 4.11. The summed E-state index contributed by atoms with van der Waals surface area (Å²) in [7, 11) is 1.64. The van der Waals surface area contributed by atoms with E-state index in [1.54, 1.807) is 7.11 Å². The number of piperidine rings is 1. The van der Waals surface area contributed by atoms with Gasteiger partial charge in [0.1, 0.15) is 5.75 Å². The Kier molecular flexibility index (Phi) is 8.07. The fourth-order valence-corrected chi connectivity index (χ4v) is 4.11. The number of amides is 1. The number of aromatic nitrogens is 2. The molecule has 2 aromatic rings. The molecule has 2 N–H and O–H groups in total. The number of hydrogen-bond acceptors (Lipinski definition) is 7. The van der Waals surface area contributed by atoms with Gasteiger partial charge in [-0.3, -0.25) is 9.69 Å². The summed E-state index contributed by atoms with van der Waals surface area (Å²) in [6.07, 6.45) is 4.28. The second-order valence-electron chi connectivity index (χ2n) is 7.88. The number of nitrogens with zero attached hydrogens (tertiary/aromatic N) is 3. The number of nitrogens with one attached hydrogen (secondary N) is 2. The first-order chi connectivity index (χ1) is 14.2. The molecule has 8 nitrogen and oxygen atoms in total. The summed E-state index contributed by atoms with van der Waals surface area (Å²) in [6.45, 7) is 4.29. The van der Waals surface area contributed by atoms with Gasteiger partial charge in [0.2, 0.25) is 5.91 Å². The topological polar surface area (TPSA) is 92.5 Å². The van der Waals surface area contributed by atoms with Crippen molar-refractivity contribution in [3.05, 3.63) is 30.1 Å². The number of carbonyl (C=O) groups is 1. The van der Waals surface area contributed by atoms with Gasteiger partial charge in [-0.15, -0.1) is 12.4 Å². The van der Waals surface area contributed by atoms with Gasteiger partial charge in [-0.1, -0.05) is 5.16 Å². The van der Waals surface area contributed by atoms with E-state index in [-0.39, 0.29) is 24.4 Å². The van der Waals surface area contributed by atoms with Crippen LogP contribution in [0.5, 0.6) is 5.75 Å². The van der Waals surface area contributed by atoms with Gasteiger partial charge >= 0.3 is 0 Å².